The molecule has 2 aromatic heterocycles. The van der Waals surface area contributed by atoms with Gasteiger partial charge in [0.2, 0.25) is 5.56 Å². The monoisotopic (exact) mass is 161 g/mol. The fourth-order valence-electron chi connectivity index (χ4n) is 1.03. The Morgan fingerprint density at radius 3 is 3.08 bits per heavy atom. The summed E-state index contributed by atoms with van der Waals surface area (Å²) in [7, 11) is 0. The van der Waals surface area contributed by atoms with Crippen LogP contribution in [-0.4, -0.2) is 15.0 Å². The number of hydrogen-bond donors (Lipinski definition) is 1. The molecule has 4 nitrogen and oxygen atoms in total. The van der Waals surface area contributed by atoms with E-state index in [2.05, 4.69) is 15.0 Å². The van der Waals surface area contributed by atoms with Gasteiger partial charge in [-0.05, 0) is 13.0 Å². The molecule has 0 amide bonds. The summed E-state index contributed by atoms with van der Waals surface area (Å²) < 4.78 is 0. The summed E-state index contributed by atoms with van der Waals surface area (Å²) in [5.41, 5.74) is 0.454. The zero-order valence-electron chi connectivity index (χ0n) is 6.53. The SMILES string of the molecule is Cc1ncc2ccc(=O)[nH]c2n1. The van der Waals surface area contributed by atoms with Crippen LogP contribution < -0.4 is 5.56 Å². The van der Waals surface area contributed by atoms with Crippen LogP contribution in [0.5, 0.6) is 0 Å². The number of H-pyrrole nitrogens is 1. The highest BCUT2D eigenvalue weighted by Crippen LogP contribution is 2.03. The molecule has 0 spiro atoms. The number of pyridine rings is 1. The second-order valence-corrected chi connectivity index (χ2v) is 2.54. The number of nitrogens with zero attached hydrogens (tertiary/aromatic N) is 2. The molecule has 0 aliphatic rings. The number of hydrogen-bond acceptors (Lipinski definition) is 3. The van der Waals surface area contributed by atoms with Gasteiger partial charge in [-0.15, -0.1) is 0 Å². The second-order valence-electron chi connectivity index (χ2n) is 2.54. The maximum Gasteiger partial charge on any atom is 0.249 e. The van der Waals surface area contributed by atoms with E-state index in [0.29, 0.717) is 11.5 Å². The molecular weight excluding hydrogens is 154 g/mol. The van der Waals surface area contributed by atoms with Crippen LogP contribution in [0.3, 0.4) is 0 Å². The maximum atomic E-state index is 10.9. The quantitative estimate of drug-likeness (QED) is 0.616. The van der Waals surface area contributed by atoms with E-state index >= 15 is 0 Å². The molecule has 2 heterocycles. The molecule has 60 valence electrons. The van der Waals surface area contributed by atoms with E-state index in [1.165, 1.54) is 6.07 Å². The Balaban J connectivity index is 2.89. The zero-order valence-corrected chi connectivity index (χ0v) is 6.53. The number of rotatable bonds is 0. The van der Waals surface area contributed by atoms with Crippen LogP contribution in [0.15, 0.2) is 23.1 Å². The second kappa shape index (κ2) is 2.41. The molecule has 0 unspecified atom stereocenters. The highest BCUT2D eigenvalue weighted by atomic mass is 16.1. The number of aromatic amines is 1. The van der Waals surface area contributed by atoms with Gasteiger partial charge in [-0.3, -0.25) is 4.79 Å². The molecule has 0 aliphatic carbocycles. The topological polar surface area (TPSA) is 58.6 Å². The molecule has 4 heteroatoms. The largest absolute Gasteiger partial charge is 0.306 e. The van der Waals surface area contributed by atoms with Crippen molar-refractivity contribution in [1.82, 2.24) is 15.0 Å². The third-order valence-corrected chi connectivity index (χ3v) is 1.59. The third kappa shape index (κ3) is 1.07. The third-order valence-electron chi connectivity index (χ3n) is 1.59. The van der Waals surface area contributed by atoms with E-state index in [4.69, 9.17) is 0 Å². The lowest BCUT2D eigenvalue weighted by molar-refractivity contribution is 1.06. The van der Waals surface area contributed by atoms with Gasteiger partial charge in [0.15, 0.2) is 0 Å². The van der Waals surface area contributed by atoms with Crippen molar-refractivity contribution in [2.45, 2.75) is 6.92 Å². The summed E-state index contributed by atoms with van der Waals surface area (Å²) >= 11 is 0. The molecule has 0 radical (unpaired) electrons. The van der Waals surface area contributed by atoms with Gasteiger partial charge in [0, 0.05) is 17.6 Å². The van der Waals surface area contributed by atoms with Crippen LogP contribution in [0.25, 0.3) is 11.0 Å². The summed E-state index contributed by atoms with van der Waals surface area (Å²) in [4.78, 5) is 21.6. The number of fused-ring (bicyclic) bond motifs is 1. The Morgan fingerprint density at radius 2 is 2.25 bits per heavy atom. The Labute approximate surface area is 68.3 Å². The van der Waals surface area contributed by atoms with Gasteiger partial charge in [0.25, 0.3) is 0 Å². The summed E-state index contributed by atoms with van der Waals surface area (Å²) in [6.07, 6.45) is 1.69. The van der Waals surface area contributed by atoms with E-state index in [9.17, 15) is 4.79 Å². The van der Waals surface area contributed by atoms with Gasteiger partial charge in [0.05, 0.1) is 0 Å². The molecule has 0 saturated heterocycles. The lowest BCUT2D eigenvalue weighted by Crippen LogP contribution is -2.04. The molecule has 0 saturated carbocycles. The number of aryl methyl sites for hydroxylation is 1. The minimum absolute atomic E-state index is 0.138. The molecule has 2 rings (SSSR count). The summed E-state index contributed by atoms with van der Waals surface area (Å²) in [6, 6.07) is 3.16. The smallest absolute Gasteiger partial charge is 0.249 e. The molecule has 0 fully saturated rings. The Hall–Kier alpha value is -1.71. The first-order valence-electron chi connectivity index (χ1n) is 3.58. The average molecular weight is 161 g/mol. The molecule has 0 aromatic carbocycles. The fraction of sp³-hybridized carbons (Fsp3) is 0.125. The minimum atomic E-state index is -0.138. The van der Waals surface area contributed by atoms with Gasteiger partial charge < -0.3 is 4.98 Å². The van der Waals surface area contributed by atoms with Crippen molar-refractivity contribution in [3.05, 3.63) is 34.5 Å². The van der Waals surface area contributed by atoms with Gasteiger partial charge in [-0.2, -0.15) is 0 Å². The van der Waals surface area contributed by atoms with Crippen LogP contribution in [0.4, 0.5) is 0 Å². The van der Waals surface area contributed by atoms with Gasteiger partial charge in [-0.1, -0.05) is 0 Å². The first kappa shape index (κ1) is 6.97. The Bertz CT molecular complexity index is 475. The van der Waals surface area contributed by atoms with Crippen LogP contribution in [0, 0.1) is 6.92 Å². The first-order chi connectivity index (χ1) is 5.75. The maximum absolute atomic E-state index is 10.9. The highest BCUT2D eigenvalue weighted by molar-refractivity contribution is 5.72. The lowest BCUT2D eigenvalue weighted by atomic mass is 10.3. The van der Waals surface area contributed by atoms with Crippen molar-refractivity contribution >= 4 is 11.0 Å². The van der Waals surface area contributed by atoms with E-state index in [1.54, 1.807) is 19.2 Å². The first-order valence-corrected chi connectivity index (χ1v) is 3.58. The molecule has 2 aromatic rings. The summed E-state index contributed by atoms with van der Waals surface area (Å²) in [5, 5.41) is 0.847. The van der Waals surface area contributed by atoms with Crippen LogP contribution in [0.2, 0.25) is 0 Å². The number of nitrogens with one attached hydrogen (secondary N) is 1. The van der Waals surface area contributed by atoms with E-state index in [0.717, 1.165) is 5.39 Å². The van der Waals surface area contributed by atoms with Crippen molar-refractivity contribution in [2.75, 3.05) is 0 Å². The Morgan fingerprint density at radius 1 is 1.42 bits per heavy atom. The molecule has 12 heavy (non-hydrogen) atoms. The van der Waals surface area contributed by atoms with Crippen molar-refractivity contribution in [3.8, 4) is 0 Å². The standard InChI is InChI=1S/C8H7N3O/c1-5-9-4-6-2-3-7(12)11-8(6)10-5/h2-4H,1H3,(H,9,10,11,12). The van der Waals surface area contributed by atoms with Gasteiger partial charge in [0.1, 0.15) is 11.5 Å². The van der Waals surface area contributed by atoms with Gasteiger partial charge >= 0.3 is 0 Å². The predicted molar refractivity (Wildman–Crippen MR) is 44.9 cm³/mol. The van der Waals surface area contributed by atoms with E-state index < -0.39 is 0 Å². The zero-order chi connectivity index (χ0) is 8.55. The van der Waals surface area contributed by atoms with Crippen LogP contribution in [-0.2, 0) is 0 Å². The summed E-state index contributed by atoms with van der Waals surface area (Å²) in [5.74, 6) is 0.657. The van der Waals surface area contributed by atoms with Crippen molar-refractivity contribution in [3.63, 3.8) is 0 Å². The fourth-order valence-corrected chi connectivity index (χ4v) is 1.03. The van der Waals surface area contributed by atoms with Crippen molar-refractivity contribution < 1.29 is 0 Å². The molecule has 0 atom stereocenters. The predicted octanol–water partition coefficient (Wildman–Crippen LogP) is 0.627. The van der Waals surface area contributed by atoms with Crippen LogP contribution in [0.1, 0.15) is 5.82 Å². The molecule has 1 N–H and O–H groups in total. The lowest BCUT2D eigenvalue weighted by Gasteiger charge is -1.95. The van der Waals surface area contributed by atoms with E-state index in [1.807, 2.05) is 0 Å². The van der Waals surface area contributed by atoms with Crippen molar-refractivity contribution in [1.29, 1.82) is 0 Å². The van der Waals surface area contributed by atoms with Gasteiger partial charge in [-0.25, -0.2) is 9.97 Å². The normalized spacial score (nSPS) is 10.4. The number of aromatic nitrogens is 3. The Kier molecular flexibility index (Phi) is 1.40. The van der Waals surface area contributed by atoms with Crippen LogP contribution >= 0.6 is 0 Å². The molecule has 0 bridgehead atoms. The minimum Gasteiger partial charge on any atom is -0.306 e. The van der Waals surface area contributed by atoms with Crippen molar-refractivity contribution in [2.24, 2.45) is 0 Å². The average Bonchev–Trinajstić information content (AvgIpc) is 2.03. The molecule has 0 aliphatic heterocycles. The summed E-state index contributed by atoms with van der Waals surface area (Å²) in [6.45, 7) is 1.78. The highest BCUT2D eigenvalue weighted by Gasteiger charge is 1.95. The molecular formula is C8H7N3O. The van der Waals surface area contributed by atoms with E-state index in [-0.39, 0.29) is 5.56 Å².